The molecule has 2 saturated carbocycles. The van der Waals surface area contributed by atoms with Crippen molar-refractivity contribution < 1.29 is 24.5 Å². The van der Waals surface area contributed by atoms with Crippen molar-refractivity contribution in [2.45, 2.75) is 102 Å². The van der Waals surface area contributed by atoms with E-state index in [0.29, 0.717) is 12.3 Å². The summed E-state index contributed by atoms with van der Waals surface area (Å²) < 4.78 is 4.84. The highest BCUT2D eigenvalue weighted by Gasteiger charge is 2.42. The van der Waals surface area contributed by atoms with E-state index in [-0.39, 0.29) is 36.4 Å². The van der Waals surface area contributed by atoms with Crippen molar-refractivity contribution in [1.82, 2.24) is 0 Å². The number of hydrogen-bond acceptors (Lipinski definition) is 5. The number of rotatable bonds is 14. The fourth-order valence-electron chi connectivity index (χ4n) is 5.29. The molecule has 5 heteroatoms. The zero-order valence-corrected chi connectivity index (χ0v) is 19.0. The molecule has 2 rings (SSSR count). The third-order valence-electron chi connectivity index (χ3n) is 7.11. The van der Waals surface area contributed by atoms with E-state index < -0.39 is 11.7 Å². The maximum atomic E-state index is 12.4. The number of ketones is 2. The summed E-state index contributed by atoms with van der Waals surface area (Å²) in [7, 11) is 1.53. The van der Waals surface area contributed by atoms with Gasteiger partial charge in [-0.15, -0.1) is 0 Å². The van der Waals surface area contributed by atoms with Crippen molar-refractivity contribution in [2.75, 3.05) is 13.7 Å². The molecule has 2 N–H and O–H groups in total. The van der Waals surface area contributed by atoms with Crippen LogP contribution in [0.4, 0.5) is 0 Å². The van der Waals surface area contributed by atoms with Gasteiger partial charge in [-0.2, -0.15) is 0 Å². The Balaban J connectivity index is 1.83. The SMILES string of the molecule is CCCCC1CCCC1(O)C=C[C@H]1[C@H](O)CC(=O)[C@@H]1CCCCCCC(=O)COC. The molecule has 0 aliphatic heterocycles. The van der Waals surface area contributed by atoms with Gasteiger partial charge in [0, 0.05) is 31.8 Å². The first-order valence-corrected chi connectivity index (χ1v) is 12.0. The lowest BCUT2D eigenvalue weighted by atomic mass is 9.83. The Morgan fingerprint density at radius 3 is 2.70 bits per heavy atom. The number of ether oxygens (including phenoxy) is 1. The average molecular weight is 423 g/mol. The lowest BCUT2D eigenvalue weighted by Crippen LogP contribution is -2.31. The van der Waals surface area contributed by atoms with Gasteiger partial charge in [-0.05, 0) is 44.4 Å². The topological polar surface area (TPSA) is 83.8 Å². The highest BCUT2D eigenvalue weighted by Crippen LogP contribution is 2.41. The number of Topliss-reactive ketones (excluding diaryl/α,β-unsaturated/α-hetero) is 2. The van der Waals surface area contributed by atoms with Crippen LogP contribution in [-0.4, -0.2) is 47.2 Å². The van der Waals surface area contributed by atoms with Crippen LogP contribution in [0.2, 0.25) is 0 Å². The van der Waals surface area contributed by atoms with E-state index in [9.17, 15) is 19.8 Å². The summed E-state index contributed by atoms with van der Waals surface area (Å²) in [5.41, 5.74) is -0.778. The molecule has 0 aromatic heterocycles. The van der Waals surface area contributed by atoms with Crippen LogP contribution >= 0.6 is 0 Å². The monoisotopic (exact) mass is 422 g/mol. The summed E-state index contributed by atoms with van der Waals surface area (Å²) in [5, 5.41) is 21.6. The van der Waals surface area contributed by atoms with Gasteiger partial charge in [-0.3, -0.25) is 9.59 Å². The van der Waals surface area contributed by atoms with Gasteiger partial charge in [0.15, 0.2) is 5.78 Å². The average Bonchev–Trinajstić information content (AvgIpc) is 3.20. The summed E-state index contributed by atoms with van der Waals surface area (Å²) in [4.78, 5) is 23.9. The Morgan fingerprint density at radius 2 is 1.97 bits per heavy atom. The molecule has 172 valence electrons. The summed E-state index contributed by atoms with van der Waals surface area (Å²) in [6.07, 6.45) is 14.7. The molecule has 0 bridgehead atoms. The van der Waals surface area contributed by atoms with Crippen molar-refractivity contribution in [1.29, 1.82) is 0 Å². The van der Waals surface area contributed by atoms with Gasteiger partial charge >= 0.3 is 0 Å². The van der Waals surface area contributed by atoms with Crippen LogP contribution in [0.15, 0.2) is 12.2 Å². The van der Waals surface area contributed by atoms with E-state index in [1.165, 1.54) is 7.11 Å². The molecule has 2 unspecified atom stereocenters. The molecule has 0 amide bonds. The van der Waals surface area contributed by atoms with Crippen molar-refractivity contribution in [2.24, 2.45) is 17.8 Å². The molecule has 2 aliphatic rings. The first-order valence-electron chi connectivity index (χ1n) is 12.0. The third-order valence-corrected chi connectivity index (χ3v) is 7.11. The van der Waals surface area contributed by atoms with Crippen molar-refractivity contribution in [3.8, 4) is 0 Å². The number of hydrogen-bond donors (Lipinski definition) is 2. The van der Waals surface area contributed by atoms with Gasteiger partial charge in [0.05, 0.1) is 11.7 Å². The fourth-order valence-corrected chi connectivity index (χ4v) is 5.29. The summed E-state index contributed by atoms with van der Waals surface area (Å²) in [6.45, 7) is 2.36. The van der Waals surface area contributed by atoms with Gasteiger partial charge in [0.2, 0.25) is 0 Å². The molecule has 0 aromatic rings. The van der Waals surface area contributed by atoms with Crippen molar-refractivity contribution in [3.63, 3.8) is 0 Å². The van der Waals surface area contributed by atoms with Crippen LogP contribution < -0.4 is 0 Å². The van der Waals surface area contributed by atoms with E-state index in [4.69, 9.17) is 4.74 Å². The lowest BCUT2D eigenvalue weighted by molar-refractivity contribution is -0.123. The van der Waals surface area contributed by atoms with Crippen molar-refractivity contribution >= 4 is 11.6 Å². The molecule has 2 aliphatic carbocycles. The zero-order valence-electron chi connectivity index (χ0n) is 19.0. The highest BCUT2D eigenvalue weighted by molar-refractivity contribution is 5.84. The van der Waals surface area contributed by atoms with Crippen LogP contribution in [0, 0.1) is 17.8 Å². The Morgan fingerprint density at radius 1 is 1.20 bits per heavy atom. The maximum Gasteiger partial charge on any atom is 0.158 e. The second-order valence-electron chi connectivity index (χ2n) is 9.43. The Bertz CT molecular complexity index is 572. The molecule has 30 heavy (non-hydrogen) atoms. The largest absolute Gasteiger partial charge is 0.392 e. The normalized spacial score (nSPS) is 31.8. The molecule has 0 radical (unpaired) electrons. The molecule has 0 spiro atoms. The van der Waals surface area contributed by atoms with Crippen LogP contribution in [-0.2, 0) is 14.3 Å². The smallest absolute Gasteiger partial charge is 0.158 e. The Hall–Kier alpha value is -1.04. The van der Waals surface area contributed by atoms with Crippen LogP contribution in [0.3, 0.4) is 0 Å². The second kappa shape index (κ2) is 12.7. The van der Waals surface area contributed by atoms with Crippen molar-refractivity contribution in [3.05, 3.63) is 12.2 Å². The minimum absolute atomic E-state index is 0.138. The Labute approximate surface area is 182 Å². The van der Waals surface area contributed by atoms with Crippen LogP contribution in [0.5, 0.6) is 0 Å². The van der Waals surface area contributed by atoms with Gasteiger partial charge in [-0.25, -0.2) is 0 Å². The molecule has 5 nitrogen and oxygen atoms in total. The van der Waals surface area contributed by atoms with Gasteiger partial charge in [0.25, 0.3) is 0 Å². The molecular formula is C25H42O5. The predicted molar refractivity (Wildman–Crippen MR) is 118 cm³/mol. The fraction of sp³-hybridized carbons (Fsp3) is 0.840. The molecule has 0 heterocycles. The molecule has 0 saturated heterocycles. The third kappa shape index (κ3) is 7.28. The van der Waals surface area contributed by atoms with Crippen LogP contribution in [0.1, 0.15) is 90.4 Å². The number of unbranched alkanes of at least 4 members (excludes halogenated alkanes) is 4. The van der Waals surface area contributed by atoms with E-state index in [1.54, 1.807) is 0 Å². The zero-order chi connectivity index (χ0) is 22.0. The van der Waals surface area contributed by atoms with E-state index in [0.717, 1.165) is 70.6 Å². The number of carbonyl (C=O) groups excluding carboxylic acids is 2. The van der Waals surface area contributed by atoms with E-state index in [2.05, 4.69) is 6.92 Å². The van der Waals surface area contributed by atoms with Gasteiger partial charge in [0.1, 0.15) is 12.4 Å². The highest BCUT2D eigenvalue weighted by atomic mass is 16.5. The summed E-state index contributed by atoms with van der Waals surface area (Å²) in [5.74, 6) is 0.247. The minimum Gasteiger partial charge on any atom is -0.392 e. The Kier molecular flexibility index (Phi) is 10.7. The number of carbonyl (C=O) groups is 2. The molecule has 2 fully saturated rings. The maximum absolute atomic E-state index is 12.4. The molecular weight excluding hydrogens is 380 g/mol. The van der Waals surface area contributed by atoms with E-state index >= 15 is 0 Å². The molecule has 5 atom stereocenters. The first-order chi connectivity index (χ1) is 14.4. The summed E-state index contributed by atoms with van der Waals surface area (Å²) >= 11 is 0. The number of methoxy groups -OCH3 is 1. The lowest BCUT2D eigenvalue weighted by Gasteiger charge is -2.28. The van der Waals surface area contributed by atoms with Crippen LogP contribution in [0.25, 0.3) is 0 Å². The quantitative estimate of drug-likeness (QED) is 0.320. The number of aliphatic hydroxyl groups excluding tert-OH is 1. The number of aliphatic hydroxyl groups is 2. The molecule has 0 aromatic carbocycles. The minimum atomic E-state index is -0.778. The van der Waals surface area contributed by atoms with Gasteiger partial charge in [-0.1, -0.05) is 51.2 Å². The van der Waals surface area contributed by atoms with Gasteiger partial charge < -0.3 is 14.9 Å². The summed E-state index contributed by atoms with van der Waals surface area (Å²) in [6, 6.07) is 0. The predicted octanol–water partition coefficient (Wildman–Crippen LogP) is 4.39. The van der Waals surface area contributed by atoms with E-state index in [1.807, 2.05) is 12.2 Å². The second-order valence-corrected chi connectivity index (χ2v) is 9.43. The standard InChI is InChI=1S/C25H42O5/c1-3-4-10-19-11-9-15-25(19,29)16-14-22-21(23(27)17-24(22)28)13-8-6-5-7-12-20(26)18-30-2/h14,16,19,21-22,24,28-29H,3-13,15,17-18H2,1-2H3/t19?,21-,22-,24-,25?/m1/s1. The first kappa shape index (κ1) is 25.2.